The summed E-state index contributed by atoms with van der Waals surface area (Å²) in [5.41, 5.74) is 0. The molecule has 0 bridgehead atoms. The number of hydrogen-bond donors (Lipinski definition) is 1. The van der Waals surface area contributed by atoms with Gasteiger partial charge < -0.3 is 9.64 Å². The summed E-state index contributed by atoms with van der Waals surface area (Å²) < 4.78 is 34.0. The van der Waals surface area contributed by atoms with E-state index in [1.54, 1.807) is 4.31 Å². The van der Waals surface area contributed by atoms with Crippen LogP contribution in [0.5, 0.6) is 0 Å². The number of carbonyl (C=O) groups excluding carboxylic acids is 1. The SMILES string of the molecule is COC(=O)C1CCN(CCCNS(=O)(=O)N2CC(C)CC(C)C2)CC1. The molecular weight excluding hydrogens is 342 g/mol. The predicted molar refractivity (Wildman–Crippen MR) is 97.2 cm³/mol. The van der Waals surface area contributed by atoms with E-state index >= 15 is 0 Å². The topological polar surface area (TPSA) is 79.0 Å². The zero-order valence-corrected chi connectivity index (χ0v) is 16.6. The van der Waals surface area contributed by atoms with Crippen molar-refractivity contribution in [2.45, 2.75) is 39.5 Å². The van der Waals surface area contributed by atoms with Gasteiger partial charge in [0.15, 0.2) is 0 Å². The molecule has 0 amide bonds. The molecule has 0 aromatic carbocycles. The summed E-state index contributed by atoms with van der Waals surface area (Å²) in [7, 11) is -1.94. The van der Waals surface area contributed by atoms with E-state index in [4.69, 9.17) is 4.74 Å². The number of ether oxygens (including phenoxy) is 1. The highest BCUT2D eigenvalue weighted by molar-refractivity contribution is 7.87. The van der Waals surface area contributed by atoms with Gasteiger partial charge in [-0.25, -0.2) is 4.72 Å². The molecule has 0 spiro atoms. The fourth-order valence-electron chi connectivity index (χ4n) is 3.96. The Bertz CT molecular complexity index is 522. The first-order valence-corrected chi connectivity index (χ1v) is 10.8. The van der Waals surface area contributed by atoms with Crippen LogP contribution < -0.4 is 4.72 Å². The molecule has 0 aromatic heterocycles. The van der Waals surface area contributed by atoms with Gasteiger partial charge in [0.05, 0.1) is 13.0 Å². The largest absolute Gasteiger partial charge is 0.469 e. The number of methoxy groups -OCH3 is 1. The molecule has 2 atom stereocenters. The maximum Gasteiger partial charge on any atom is 0.308 e. The molecule has 0 aliphatic carbocycles. The molecule has 0 radical (unpaired) electrons. The van der Waals surface area contributed by atoms with Crippen LogP contribution in [0, 0.1) is 17.8 Å². The minimum absolute atomic E-state index is 0.0165. The monoisotopic (exact) mass is 375 g/mol. The zero-order valence-electron chi connectivity index (χ0n) is 15.7. The number of nitrogens with one attached hydrogen (secondary N) is 1. The van der Waals surface area contributed by atoms with Gasteiger partial charge in [0, 0.05) is 19.6 Å². The van der Waals surface area contributed by atoms with Crippen LogP contribution in [-0.4, -0.2) is 70.0 Å². The van der Waals surface area contributed by atoms with Gasteiger partial charge in [0.25, 0.3) is 10.2 Å². The summed E-state index contributed by atoms with van der Waals surface area (Å²) in [6.45, 7) is 8.48. The second-order valence-corrected chi connectivity index (χ2v) is 9.41. The fourth-order valence-corrected chi connectivity index (χ4v) is 5.44. The first kappa shape index (κ1) is 20.6. The molecule has 2 aliphatic heterocycles. The average molecular weight is 376 g/mol. The van der Waals surface area contributed by atoms with Gasteiger partial charge in [-0.3, -0.25) is 4.79 Å². The Hall–Kier alpha value is -0.700. The van der Waals surface area contributed by atoms with E-state index in [9.17, 15) is 13.2 Å². The van der Waals surface area contributed by atoms with Crippen LogP contribution in [0.2, 0.25) is 0 Å². The first-order chi connectivity index (χ1) is 11.8. The van der Waals surface area contributed by atoms with E-state index in [1.165, 1.54) is 7.11 Å². The normalized spacial score (nSPS) is 27.3. The third-order valence-corrected chi connectivity index (χ3v) is 6.78. The molecule has 2 aliphatic rings. The van der Waals surface area contributed by atoms with Gasteiger partial charge in [0.2, 0.25) is 0 Å². The maximum absolute atomic E-state index is 12.4. The van der Waals surface area contributed by atoms with Gasteiger partial charge in [-0.05, 0) is 57.2 Å². The van der Waals surface area contributed by atoms with Crippen LogP contribution >= 0.6 is 0 Å². The number of likely N-dealkylation sites (tertiary alicyclic amines) is 1. The van der Waals surface area contributed by atoms with Crippen LogP contribution in [-0.2, 0) is 19.7 Å². The second-order valence-electron chi connectivity index (χ2n) is 7.66. The van der Waals surface area contributed by atoms with Crippen molar-refractivity contribution in [3.63, 3.8) is 0 Å². The average Bonchev–Trinajstić information content (AvgIpc) is 2.58. The lowest BCUT2D eigenvalue weighted by molar-refractivity contribution is -0.147. The summed E-state index contributed by atoms with van der Waals surface area (Å²) in [5, 5.41) is 0. The summed E-state index contributed by atoms with van der Waals surface area (Å²) in [6, 6.07) is 0. The number of carbonyl (C=O) groups is 1. The van der Waals surface area contributed by atoms with E-state index < -0.39 is 10.2 Å². The number of rotatable bonds is 7. The molecule has 146 valence electrons. The van der Waals surface area contributed by atoms with Crippen molar-refractivity contribution in [2.24, 2.45) is 17.8 Å². The van der Waals surface area contributed by atoms with E-state index in [2.05, 4.69) is 23.5 Å². The highest BCUT2D eigenvalue weighted by Crippen LogP contribution is 2.22. The highest BCUT2D eigenvalue weighted by Gasteiger charge is 2.30. The lowest BCUT2D eigenvalue weighted by Gasteiger charge is -2.34. The maximum atomic E-state index is 12.4. The van der Waals surface area contributed by atoms with Crippen LogP contribution in [0.3, 0.4) is 0 Å². The molecule has 2 unspecified atom stereocenters. The van der Waals surface area contributed by atoms with Gasteiger partial charge in [-0.15, -0.1) is 0 Å². The molecule has 0 saturated carbocycles. The highest BCUT2D eigenvalue weighted by atomic mass is 32.2. The Balaban J connectivity index is 1.66. The number of nitrogens with zero attached hydrogens (tertiary/aromatic N) is 2. The third-order valence-electron chi connectivity index (χ3n) is 5.23. The number of hydrogen-bond acceptors (Lipinski definition) is 5. The van der Waals surface area contributed by atoms with Crippen molar-refractivity contribution in [1.82, 2.24) is 13.9 Å². The number of esters is 1. The summed E-state index contributed by atoms with van der Waals surface area (Å²) in [6.07, 6.45) is 3.51. The molecule has 2 saturated heterocycles. The molecule has 7 nitrogen and oxygen atoms in total. The Morgan fingerprint density at radius 2 is 1.76 bits per heavy atom. The molecule has 2 rings (SSSR count). The van der Waals surface area contributed by atoms with Gasteiger partial charge in [-0.2, -0.15) is 12.7 Å². The van der Waals surface area contributed by atoms with Crippen molar-refractivity contribution in [1.29, 1.82) is 0 Å². The second kappa shape index (κ2) is 9.30. The smallest absolute Gasteiger partial charge is 0.308 e. The molecular formula is C17H33N3O4S. The van der Waals surface area contributed by atoms with Gasteiger partial charge in [0.1, 0.15) is 0 Å². The first-order valence-electron chi connectivity index (χ1n) is 9.36. The Labute approximate surface area is 152 Å². The van der Waals surface area contributed by atoms with Crippen molar-refractivity contribution < 1.29 is 17.9 Å². The van der Waals surface area contributed by atoms with E-state index in [-0.39, 0.29) is 11.9 Å². The molecule has 2 fully saturated rings. The molecule has 0 aromatic rings. The van der Waals surface area contributed by atoms with Crippen molar-refractivity contribution in [2.75, 3.05) is 46.4 Å². The molecule has 1 N–H and O–H groups in total. The minimum Gasteiger partial charge on any atom is -0.469 e. The van der Waals surface area contributed by atoms with Gasteiger partial charge >= 0.3 is 5.97 Å². The Morgan fingerprint density at radius 3 is 2.32 bits per heavy atom. The van der Waals surface area contributed by atoms with Crippen molar-refractivity contribution in [3.8, 4) is 0 Å². The predicted octanol–water partition coefficient (Wildman–Crippen LogP) is 1.07. The van der Waals surface area contributed by atoms with E-state index in [1.807, 2.05) is 0 Å². The summed E-state index contributed by atoms with van der Waals surface area (Å²) in [4.78, 5) is 13.8. The van der Waals surface area contributed by atoms with Crippen molar-refractivity contribution in [3.05, 3.63) is 0 Å². The van der Waals surface area contributed by atoms with E-state index in [0.29, 0.717) is 31.5 Å². The quantitative estimate of drug-likeness (QED) is 0.532. The van der Waals surface area contributed by atoms with E-state index in [0.717, 1.165) is 45.3 Å². The van der Waals surface area contributed by atoms with Crippen molar-refractivity contribution >= 4 is 16.2 Å². The molecule has 8 heteroatoms. The van der Waals surface area contributed by atoms with Crippen LogP contribution in [0.15, 0.2) is 0 Å². The lowest BCUT2D eigenvalue weighted by atomic mass is 9.94. The van der Waals surface area contributed by atoms with Gasteiger partial charge in [-0.1, -0.05) is 13.8 Å². The Morgan fingerprint density at radius 1 is 1.16 bits per heavy atom. The standard InChI is InChI=1S/C17H33N3O4S/c1-14-11-15(2)13-20(12-14)25(22,23)18-7-4-8-19-9-5-16(6-10-19)17(21)24-3/h14-16,18H,4-13H2,1-3H3. The molecule has 2 heterocycles. The minimum atomic E-state index is -3.37. The zero-order chi connectivity index (χ0) is 18.4. The fraction of sp³-hybridized carbons (Fsp3) is 0.941. The third kappa shape index (κ3) is 6.20. The Kier molecular flexibility index (Phi) is 7.67. The lowest BCUT2D eigenvalue weighted by Crippen LogP contribution is -2.48. The number of piperidine rings is 2. The van der Waals surface area contributed by atoms with Crippen LogP contribution in [0.25, 0.3) is 0 Å². The summed E-state index contributed by atoms with van der Waals surface area (Å²) >= 11 is 0. The van der Waals surface area contributed by atoms with Crippen LogP contribution in [0.1, 0.15) is 39.5 Å². The molecule has 25 heavy (non-hydrogen) atoms. The summed E-state index contributed by atoms with van der Waals surface area (Å²) in [5.74, 6) is 0.730. The van der Waals surface area contributed by atoms with Crippen LogP contribution in [0.4, 0.5) is 0 Å².